The molecule has 0 saturated carbocycles. The molecule has 3 rings (SSSR count). The Hall–Kier alpha value is 1.57. The van der Waals surface area contributed by atoms with Gasteiger partial charge in [-0.3, -0.25) is 9.59 Å². The summed E-state index contributed by atoms with van der Waals surface area (Å²) < 4.78 is 0. The van der Waals surface area contributed by atoms with Crippen LogP contribution in [0.25, 0.3) is 0 Å². The summed E-state index contributed by atoms with van der Waals surface area (Å²) in [5.41, 5.74) is 2.73. The zero-order chi connectivity index (χ0) is 11.1. The second kappa shape index (κ2) is 7.54. The van der Waals surface area contributed by atoms with Crippen LogP contribution in [0.3, 0.4) is 0 Å². The van der Waals surface area contributed by atoms with Crippen LogP contribution in [0.5, 0.6) is 0 Å². The van der Waals surface area contributed by atoms with Gasteiger partial charge in [0.25, 0.3) is 0 Å². The second-order valence-electron chi connectivity index (χ2n) is 4.32. The molecule has 0 N–H and O–H groups in total. The molecule has 0 unspecified atom stereocenters. The van der Waals surface area contributed by atoms with E-state index in [-0.39, 0.29) is 114 Å². The first-order valence-electron chi connectivity index (χ1n) is 5.68. The third kappa shape index (κ3) is 3.08. The fourth-order valence-corrected chi connectivity index (χ4v) is 2.55. The predicted molar refractivity (Wildman–Crippen MR) is 75.1 cm³/mol. The second-order valence-corrected chi connectivity index (χ2v) is 4.32. The van der Waals surface area contributed by atoms with Gasteiger partial charge in [-0.2, -0.15) is 0 Å². The van der Waals surface area contributed by atoms with Crippen molar-refractivity contribution in [3.63, 3.8) is 0 Å². The fraction of sp³-hybridized carbons (Fsp3) is 0.286. The number of allylic oxidation sites excluding steroid dienone is 8. The van der Waals surface area contributed by atoms with Crippen molar-refractivity contribution in [1.82, 2.24) is 0 Å². The third-order valence-corrected chi connectivity index (χ3v) is 3.38. The number of hydrogen-bond donors (Lipinski definition) is 0. The first-order chi connectivity index (χ1) is 7.79. The molecule has 0 radical (unpaired) electrons. The van der Waals surface area contributed by atoms with E-state index in [0.29, 0.717) is 24.0 Å². The van der Waals surface area contributed by atoms with Gasteiger partial charge in [-0.1, -0.05) is 24.3 Å². The van der Waals surface area contributed by atoms with Gasteiger partial charge in [0.1, 0.15) is 0 Å². The first kappa shape index (κ1) is 17.6. The molecule has 0 fully saturated rings. The summed E-state index contributed by atoms with van der Waals surface area (Å²) in [7, 11) is 0. The zero-order valence-corrected chi connectivity index (χ0v) is 8.95. The molecule has 0 atom stereocenters. The van der Waals surface area contributed by atoms with Crippen LogP contribution in [0.1, 0.15) is 25.7 Å². The van der Waals surface area contributed by atoms with Crippen LogP contribution < -0.4 is 0 Å². The van der Waals surface area contributed by atoms with Crippen LogP contribution in [-0.2, 0) is 9.59 Å². The van der Waals surface area contributed by atoms with Crippen LogP contribution in [-0.4, -0.2) is 114 Å². The van der Waals surface area contributed by atoms with Crippen molar-refractivity contribution in [3.8, 4) is 0 Å². The van der Waals surface area contributed by atoms with Gasteiger partial charge in [0.05, 0.1) is 0 Å². The molecule has 0 aromatic rings. The van der Waals surface area contributed by atoms with Crippen LogP contribution in [0.2, 0.25) is 0 Å². The van der Waals surface area contributed by atoms with Crippen LogP contribution >= 0.6 is 0 Å². The molecule has 2 nitrogen and oxygen atoms in total. The minimum atomic E-state index is 0. The number of rotatable bonds is 0. The Balaban J connectivity index is 0.000000810. The summed E-state index contributed by atoms with van der Waals surface area (Å²) in [5, 5.41) is 0. The number of Topliss-reactive ketones (excluding diaryl/α,β-unsaturated/α-hetero) is 2. The number of carbonyl (C=O) groups is 2. The van der Waals surface area contributed by atoms with Gasteiger partial charge in [0, 0.05) is 22.3 Å². The summed E-state index contributed by atoms with van der Waals surface area (Å²) in [5.74, 6) is 0.148. The summed E-state index contributed by atoms with van der Waals surface area (Å²) in [6, 6.07) is 0. The topological polar surface area (TPSA) is 34.1 Å². The Kier molecular flexibility index (Phi) is 7.39. The molecule has 0 aromatic heterocycles. The van der Waals surface area contributed by atoms with E-state index in [1.807, 2.05) is 24.3 Å². The molecule has 0 aromatic carbocycles. The number of hydrogen-bond acceptors (Lipinski definition) is 2. The molecule has 0 spiro atoms. The predicted octanol–water partition coefficient (Wildman–Crippen LogP) is 1.13. The Morgan fingerprint density at radius 1 is 0.722 bits per heavy atom. The molecule has 0 amide bonds. The van der Waals surface area contributed by atoms with E-state index >= 15 is 0 Å². The minimum absolute atomic E-state index is 0. The van der Waals surface area contributed by atoms with Crippen LogP contribution in [0.4, 0.5) is 0 Å². The van der Waals surface area contributed by atoms with Crippen molar-refractivity contribution in [2.75, 3.05) is 0 Å². The van der Waals surface area contributed by atoms with Crippen molar-refractivity contribution < 1.29 is 9.59 Å². The Labute approximate surface area is 192 Å². The number of carbonyl (C=O) groups excluding carboxylic acids is 2. The van der Waals surface area contributed by atoms with Gasteiger partial charge in [-0.15, -0.1) is 0 Å². The standard InChI is InChI=1S/C14H12O2.2K.2H/c15-13-9-5-1-2-6-10(9)14(16)12-8-4-3-7-11(12)13;;;;/h1,4-5,8H,2-3,6-7H2;;;;. The molecule has 4 heteroatoms. The van der Waals surface area contributed by atoms with Crippen molar-refractivity contribution in [2.45, 2.75) is 25.7 Å². The Morgan fingerprint density at radius 3 is 1.50 bits per heavy atom. The third-order valence-electron chi connectivity index (χ3n) is 3.38. The fourth-order valence-electron chi connectivity index (χ4n) is 2.55. The quantitative estimate of drug-likeness (QED) is 0.495. The van der Waals surface area contributed by atoms with Crippen molar-refractivity contribution in [2.24, 2.45) is 0 Å². The maximum absolute atomic E-state index is 12.2. The van der Waals surface area contributed by atoms with Gasteiger partial charge in [-0.05, 0) is 25.7 Å². The molecular weight excluding hydrogens is 278 g/mol. The van der Waals surface area contributed by atoms with E-state index in [0.717, 1.165) is 24.0 Å². The summed E-state index contributed by atoms with van der Waals surface area (Å²) in [6.45, 7) is 0. The van der Waals surface area contributed by atoms with E-state index in [9.17, 15) is 9.59 Å². The Morgan fingerprint density at radius 2 is 1.11 bits per heavy atom. The Bertz CT molecular complexity index is 474. The SMILES string of the molecule is O=C1C2=C(CCC=C2)C(=O)C2=C1CCC=C2.[KH].[KH]. The van der Waals surface area contributed by atoms with Gasteiger partial charge in [0.15, 0.2) is 11.6 Å². The van der Waals surface area contributed by atoms with Crippen molar-refractivity contribution >= 4 is 114 Å². The van der Waals surface area contributed by atoms with Crippen LogP contribution in [0, 0.1) is 0 Å². The summed E-state index contributed by atoms with van der Waals surface area (Å²) >= 11 is 0. The normalized spacial score (nSPS) is 21.1. The summed E-state index contributed by atoms with van der Waals surface area (Å²) in [4.78, 5) is 24.4. The average molecular weight is 292 g/mol. The molecule has 84 valence electrons. The first-order valence-corrected chi connectivity index (χ1v) is 5.68. The molecular formula is C14H14K2O2. The van der Waals surface area contributed by atoms with E-state index in [1.54, 1.807) is 0 Å². The van der Waals surface area contributed by atoms with Gasteiger partial charge in [0.2, 0.25) is 0 Å². The molecule has 0 saturated heterocycles. The zero-order valence-electron chi connectivity index (χ0n) is 8.95. The van der Waals surface area contributed by atoms with Crippen LogP contribution in [0.15, 0.2) is 46.6 Å². The van der Waals surface area contributed by atoms with E-state index in [4.69, 9.17) is 0 Å². The molecule has 0 heterocycles. The average Bonchev–Trinajstić information content (AvgIpc) is 2.36. The van der Waals surface area contributed by atoms with E-state index in [1.165, 1.54) is 0 Å². The molecule has 18 heavy (non-hydrogen) atoms. The van der Waals surface area contributed by atoms with Crippen molar-refractivity contribution in [3.05, 3.63) is 46.6 Å². The monoisotopic (exact) mass is 292 g/mol. The molecule has 0 bridgehead atoms. The van der Waals surface area contributed by atoms with Gasteiger partial charge in [-0.25, -0.2) is 0 Å². The summed E-state index contributed by atoms with van der Waals surface area (Å²) in [6.07, 6.45) is 10.8. The van der Waals surface area contributed by atoms with E-state index in [2.05, 4.69) is 0 Å². The van der Waals surface area contributed by atoms with E-state index < -0.39 is 0 Å². The maximum atomic E-state index is 12.2. The molecule has 3 aliphatic rings. The van der Waals surface area contributed by atoms with Gasteiger partial charge >= 0.3 is 103 Å². The number of ketones is 2. The molecule has 0 aliphatic heterocycles. The molecule has 3 aliphatic carbocycles. The van der Waals surface area contributed by atoms with Gasteiger partial charge < -0.3 is 0 Å². The van der Waals surface area contributed by atoms with Crippen molar-refractivity contribution in [1.29, 1.82) is 0 Å².